The molecular formula is C24H31IN6O2. The van der Waals surface area contributed by atoms with Gasteiger partial charge >= 0.3 is 0 Å². The van der Waals surface area contributed by atoms with Crippen molar-refractivity contribution in [1.82, 2.24) is 25.2 Å². The van der Waals surface area contributed by atoms with Crippen molar-refractivity contribution < 1.29 is 9.47 Å². The molecule has 0 amide bonds. The zero-order valence-corrected chi connectivity index (χ0v) is 21.2. The molecule has 1 fully saturated rings. The first kappa shape index (κ1) is 23.6. The second kappa shape index (κ2) is 10.6. The lowest BCUT2D eigenvalue weighted by molar-refractivity contribution is 0.171. The summed E-state index contributed by atoms with van der Waals surface area (Å²) in [6.45, 7) is 5.37. The molecule has 1 aliphatic carbocycles. The van der Waals surface area contributed by atoms with E-state index in [1.54, 1.807) is 0 Å². The van der Waals surface area contributed by atoms with Crippen LogP contribution in [0.15, 0.2) is 47.6 Å². The number of guanidine groups is 1. The van der Waals surface area contributed by atoms with E-state index in [4.69, 9.17) is 14.5 Å². The maximum atomic E-state index is 5.85. The van der Waals surface area contributed by atoms with E-state index in [1.165, 1.54) is 18.4 Å². The molecule has 8 nitrogen and oxygen atoms in total. The number of nitrogens with zero attached hydrogens (tertiary/aromatic N) is 4. The fourth-order valence-electron chi connectivity index (χ4n) is 4.74. The number of halogens is 1. The van der Waals surface area contributed by atoms with Gasteiger partial charge in [-0.05, 0) is 49.6 Å². The topological polar surface area (TPSA) is 85.1 Å². The van der Waals surface area contributed by atoms with Crippen LogP contribution in [0.5, 0.6) is 11.5 Å². The first-order valence-corrected chi connectivity index (χ1v) is 11.5. The van der Waals surface area contributed by atoms with Crippen molar-refractivity contribution in [2.45, 2.75) is 44.6 Å². The minimum absolute atomic E-state index is 0. The highest BCUT2D eigenvalue weighted by atomic mass is 127. The minimum Gasteiger partial charge on any atom is -0.486 e. The van der Waals surface area contributed by atoms with Gasteiger partial charge in [-0.2, -0.15) is 0 Å². The van der Waals surface area contributed by atoms with Crippen molar-refractivity contribution in [1.29, 1.82) is 0 Å². The Bertz CT molecular complexity index is 1110. The van der Waals surface area contributed by atoms with Gasteiger partial charge in [0.15, 0.2) is 28.9 Å². The smallest absolute Gasteiger partial charge is 0.191 e. The summed E-state index contributed by atoms with van der Waals surface area (Å²) < 4.78 is 13.5. The summed E-state index contributed by atoms with van der Waals surface area (Å²) in [6.07, 6.45) is 6.72. The first-order chi connectivity index (χ1) is 15.8. The van der Waals surface area contributed by atoms with Crippen molar-refractivity contribution in [2.75, 3.05) is 26.3 Å². The van der Waals surface area contributed by atoms with Crippen LogP contribution in [0, 0.1) is 0 Å². The third-order valence-electron chi connectivity index (χ3n) is 6.42. The lowest BCUT2D eigenvalue weighted by Gasteiger charge is -2.32. The lowest BCUT2D eigenvalue weighted by Crippen LogP contribution is -2.44. The summed E-state index contributed by atoms with van der Waals surface area (Å²) in [7, 11) is 0. The van der Waals surface area contributed by atoms with Gasteiger partial charge in [-0.15, -0.1) is 34.2 Å². The average Bonchev–Trinajstić information content (AvgIpc) is 3.49. The Morgan fingerprint density at radius 2 is 1.88 bits per heavy atom. The van der Waals surface area contributed by atoms with Crippen LogP contribution in [-0.4, -0.2) is 46.9 Å². The van der Waals surface area contributed by atoms with Crippen LogP contribution in [0.3, 0.4) is 0 Å². The Morgan fingerprint density at radius 1 is 1.06 bits per heavy atom. The van der Waals surface area contributed by atoms with Crippen LogP contribution in [0.1, 0.15) is 44.0 Å². The number of fused-ring (bicyclic) bond motifs is 2. The van der Waals surface area contributed by atoms with Crippen molar-refractivity contribution in [3.05, 3.63) is 54.0 Å². The number of pyridine rings is 1. The molecule has 33 heavy (non-hydrogen) atoms. The van der Waals surface area contributed by atoms with Crippen LogP contribution >= 0.6 is 24.0 Å². The van der Waals surface area contributed by atoms with Gasteiger partial charge in [0.05, 0.1) is 0 Å². The Morgan fingerprint density at radius 3 is 2.70 bits per heavy atom. The van der Waals surface area contributed by atoms with E-state index in [-0.39, 0.29) is 29.4 Å². The Kier molecular flexibility index (Phi) is 7.56. The van der Waals surface area contributed by atoms with Gasteiger partial charge in [-0.25, -0.2) is 4.99 Å². The van der Waals surface area contributed by atoms with Crippen molar-refractivity contribution in [3.8, 4) is 11.5 Å². The van der Waals surface area contributed by atoms with Gasteiger partial charge in [0.2, 0.25) is 0 Å². The van der Waals surface area contributed by atoms with Gasteiger partial charge < -0.3 is 20.1 Å². The standard InChI is InChI=1S/C24H30N6O2.HI/c1-2-25-23(26-16-22-29-28-21-7-3-6-12-30(21)22)27-17-24(10-4-5-11-24)18-8-9-19-20(15-18)32-14-13-31-19;/h3,6-9,12,15H,2,4-5,10-11,13-14,16-17H2,1H3,(H2,25,26,27);1H. The van der Waals surface area contributed by atoms with Gasteiger partial charge in [0.25, 0.3) is 0 Å². The van der Waals surface area contributed by atoms with Gasteiger partial charge in [-0.1, -0.05) is 25.0 Å². The quantitative estimate of drug-likeness (QED) is 0.271. The summed E-state index contributed by atoms with van der Waals surface area (Å²) in [5.74, 6) is 3.32. The molecule has 1 aliphatic heterocycles. The van der Waals surface area contributed by atoms with Crippen LogP contribution in [0.25, 0.3) is 5.65 Å². The van der Waals surface area contributed by atoms with Gasteiger partial charge in [0.1, 0.15) is 19.8 Å². The Labute approximate surface area is 211 Å². The molecule has 0 atom stereocenters. The average molecular weight is 562 g/mol. The molecule has 2 aliphatic rings. The largest absolute Gasteiger partial charge is 0.486 e. The van der Waals surface area contributed by atoms with E-state index in [9.17, 15) is 0 Å². The molecule has 2 aromatic heterocycles. The number of hydrogen-bond acceptors (Lipinski definition) is 5. The van der Waals surface area contributed by atoms with E-state index in [1.807, 2.05) is 28.8 Å². The van der Waals surface area contributed by atoms with Crippen molar-refractivity contribution >= 4 is 35.6 Å². The number of benzene rings is 1. The van der Waals surface area contributed by atoms with Crippen molar-refractivity contribution in [2.24, 2.45) is 4.99 Å². The molecule has 0 radical (unpaired) electrons. The third-order valence-corrected chi connectivity index (χ3v) is 6.42. The van der Waals surface area contributed by atoms with E-state index < -0.39 is 0 Å². The van der Waals surface area contributed by atoms with E-state index >= 15 is 0 Å². The molecule has 2 N–H and O–H groups in total. The van der Waals surface area contributed by atoms with Crippen LogP contribution in [0.4, 0.5) is 0 Å². The molecule has 0 unspecified atom stereocenters. The first-order valence-electron chi connectivity index (χ1n) is 11.5. The molecular weight excluding hydrogens is 531 g/mol. The highest BCUT2D eigenvalue weighted by Crippen LogP contribution is 2.43. The predicted molar refractivity (Wildman–Crippen MR) is 139 cm³/mol. The molecule has 0 spiro atoms. The molecule has 1 saturated carbocycles. The highest BCUT2D eigenvalue weighted by Gasteiger charge is 2.36. The molecule has 3 heterocycles. The predicted octanol–water partition coefficient (Wildman–Crippen LogP) is 3.69. The van der Waals surface area contributed by atoms with Crippen LogP contribution in [0.2, 0.25) is 0 Å². The summed E-state index contributed by atoms with van der Waals surface area (Å²) in [6, 6.07) is 12.3. The number of rotatable bonds is 6. The fourth-order valence-corrected chi connectivity index (χ4v) is 4.74. The van der Waals surface area contributed by atoms with E-state index in [0.717, 1.165) is 54.9 Å². The monoisotopic (exact) mass is 562 g/mol. The summed E-state index contributed by atoms with van der Waals surface area (Å²) in [5.41, 5.74) is 2.21. The normalized spacial score (nSPS) is 16.9. The Hall–Kier alpha value is -2.56. The Balaban J connectivity index is 0.00000259. The lowest BCUT2D eigenvalue weighted by atomic mass is 9.78. The third kappa shape index (κ3) is 5.02. The summed E-state index contributed by atoms with van der Waals surface area (Å²) in [5, 5.41) is 15.5. The molecule has 9 heteroatoms. The van der Waals surface area contributed by atoms with Gasteiger partial charge in [0, 0.05) is 24.7 Å². The number of ether oxygens (including phenoxy) is 2. The molecule has 5 rings (SSSR count). The second-order valence-corrected chi connectivity index (χ2v) is 8.44. The van der Waals surface area contributed by atoms with Crippen LogP contribution in [-0.2, 0) is 12.0 Å². The molecule has 0 bridgehead atoms. The maximum Gasteiger partial charge on any atom is 0.191 e. The number of nitrogens with one attached hydrogen (secondary N) is 2. The van der Waals surface area contributed by atoms with Crippen LogP contribution < -0.4 is 20.1 Å². The zero-order chi connectivity index (χ0) is 21.8. The number of hydrogen-bond donors (Lipinski definition) is 2. The van der Waals surface area contributed by atoms with E-state index in [2.05, 4.69) is 46.0 Å². The maximum absolute atomic E-state index is 5.85. The molecule has 1 aromatic carbocycles. The molecule has 176 valence electrons. The van der Waals surface area contributed by atoms with E-state index in [0.29, 0.717) is 19.8 Å². The fraction of sp³-hybridized carbons (Fsp3) is 0.458. The van der Waals surface area contributed by atoms with Crippen molar-refractivity contribution in [3.63, 3.8) is 0 Å². The molecule has 3 aromatic rings. The number of aromatic nitrogens is 3. The molecule has 0 saturated heterocycles. The number of aliphatic imine (C=N–C) groups is 1. The SMILES string of the molecule is CCNC(=NCc1nnc2ccccn12)NCC1(c2ccc3c(c2)OCCO3)CCCC1.I. The zero-order valence-electron chi connectivity index (χ0n) is 18.9. The highest BCUT2D eigenvalue weighted by molar-refractivity contribution is 14.0. The summed E-state index contributed by atoms with van der Waals surface area (Å²) in [4.78, 5) is 4.79. The second-order valence-electron chi connectivity index (χ2n) is 8.44. The summed E-state index contributed by atoms with van der Waals surface area (Å²) >= 11 is 0. The van der Waals surface area contributed by atoms with Gasteiger partial charge in [-0.3, -0.25) is 4.40 Å². The minimum atomic E-state index is 0.